The Morgan fingerprint density at radius 1 is 1.16 bits per heavy atom. The fourth-order valence-corrected chi connectivity index (χ4v) is 2.39. The van der Waals surface area contributed by atoms with Crippen molar-refractivity contribution >= 4 is 15.9 Å². The van der Waals surface area contributed by atoms with Gasteiger partial charge in [-0.2, -0.15) is 0 Å². The zero-order chi connectivity index (χ0) is 14.3. The van der Waals surface area contributed by atoms with Crippen molar-refractivity contribution < 1.29 is 0 Å². The van der Waals surface area contributed by atoms with Crippen molar-refractivity contribution in [1.29, 1.82) is 0 Å². The van der Waals surface area contributed by atoms with Crippen LogP contribution >= 0.6 is 15.9 Å². The molecule has 1 aromatic carbocycles. The Labute approximate surface area is 126 Å². The molecule has 0 aliphatic heterocycles. The Hall–Kier alpha value is -0.420. The first-order chi connectivity index (χ1) is 9.02. The Kier molecular flexibility index (Phi) is 7.61. The fraction of sp³-hybridized carbons (Fsp3) is 0.600. The molecule has 0 spiro atoms. The minimum atomic E-state index is 0.936. The predicted molar refractivity (Wildman–Crippen MR) is 86.4 cm³/mol. The molecule has 0 bridgehead atoms. The highest BCUT2D eigenvalue weighted by molar-refractivity contribution is 9.10. The maximum Gasteiger partial charge on any atom is 0.0242 e. The molecule has 19 heavy (non-hydrogen) atoms. The lowest BCUT2D eigenvalue weighted by Gasteiger charge is -2.20. The monoisotopic (exact) mass is 327 g/mol. The highest BCUT2D eigenvalue weighted by atomic mass is 79.9. The third-order valence-electron chi connectivity index (χ3n) is 3.07. The van der Waals surface area contributed by atoms with E-state index in [1.165, 1.54) is 15.6 Å². The summed E-state index contributed by atoms with van der Waals surface area (Å²) < 4.78 is 1.21. The molecule has 0 aliphatic carbocycles. The number of nitrogens with one attached hydrogen (secondary N) is 1. The maximum atomic E-state index is 3.68. The van der Waals surface area contributed by atoms with Gasteiger partial charge in [-0.05, 0) is 44.9 Å². The molecule has 108 valence electrons. The van der Waals surface area contributed by atoms with Gasteiger partial charge in [0.15, 0.2) is 0 Å². The molecule has 0 saturated heterocycles. The number of hydrogen-bond donors (Lipinski definition) is 1. The molecule has 0 aliphatic rings. The number of rotatable bonds is 8. The maximum absolute atomic E-state index is 3.68. The van der Waals surface area contributed by atoms with Crippen molar-refractivity contribution in [3.05, 3.63) is 33.8 Å². The summed E-state index contributed by atoms with van der Waals surface area (Å²) in [6.07, 6.45) is 0. The van der Waals surface area contributed by atoms with Crippen molar-refractivity contribution in [2.24, 2.45) is 0 Å². The summed E-state index contributed by atoms with van der Waals surface area (Å²) in [5.74, 6) is 0. The first-order valence-corrected chi connectivity index (χ1v) is 7.63. The van der Waals surface area contributed by atoms with Crippen LogP contribution in [0.15, 0.2) is 22.7 Å². The molecule has 0 saturated carbocycles. The van der Waals surface area contributed by atoms with Crippen LogP contribution in [0.2, 0.25) is 0 Å². The van der Waals surface area contributed by atoms with Crippen LogP contribution in [0.25, 0.3) is 0 Å². The molecule has 0 heterocycles. The molecule has 0 aromatic heterocycles. The minimum Gasteiger partial charge on any atom is -0.313 e. The lowest BCUT2D eigenvalue weighted by atomic mass is 10.1. The average Bonchev–Trinajstić information content (AvgIpc) is 2.37. The van der Waals surface area contributed by atoms with E-state index in [1.807, 2.05) is 0 Å². The number of nitrogens with zero attached hydrogens (tertiary/aromatic N) is 2. The van der Waals surface area contributed by atoms with Gasteiger partial charge in [-0.1, -0.05) is 35.0 Å². The summed E-state index contributed by atoms with van der Waals surface area (Å²) >= 11 is 3.68. The van der Waals surface area contributed by atoms with Gasteiger partial charge in [0.25, 0.3) is 0 Å². The molecular formula is C15H26BrN3. The van der Waals surface area contributed by atoms with Crippen LogP contribution in [-0.2, 0) is 13.1 Å². The molecule has 0 atom stereocenters. The molecule has 0 amide bonds. The Balaban J connectivity index is 2.54. The van der Waals surface area contributed by atoms with Gasteiger partial charge in [0.1, 0.15) is 0 Å². The fourth-order valence-electron chi connectivity index (χ4n) is 1.84. The Morgan fingerprint density at radius 2 is 1.89 bits per heavy atom. The molecule has 1 rings (SSSR count). The zero-order valence-electron chi connectivity index (χ0n) is 12.5. The normalized spacial score (nSPS) is 11.5. The van der Waals surface area contributed by atoms with Gasteiger partial charge in [-0.15, -0.1) is 0 Å². The van der Waals surface area contributed by atoms with Gasteiger partial charge < -0.3 is 15.1 Å². The SMILES string of the molecule is CCNCc1ccc(CN(C)CCN(C)C)c(Br)c1. The second kappa shape index (κ2) is 8.69. The third-order valence-corrected chi connectivity index (χ3v) is 3.80. The Morgan fingerprint density at radius 3 is 2.47 bits per heavy atom. The van der Waals surface area contributed by atoms with E-state index >= 15 is 0 Å². The molecule has 1 N–H and O–H groups in total. The second-order valence-electron chi connectivity index (χ2n) is 5.25. The summed E-state index contributed by atoms with van der Waals surface area (Å²) in [7, 11) is 6.39. The third kappa shape index (κ3) is 6.52. The largest absolute Gasteiger partial charge is 0.313 e. The quantitative estimate of drug-likeness (QED) is 0.791. The topological polar surface area (TPSA) is 18.5 Å². The van der Waals surface area contributed by atoms with Gasteiger partial charge in [-0.3, -0.25) is 0 Å². The van der Waals surface area contributed by atoms with Crippen LogP contribution in [0, 0.1) is 0 Å². The first-order valence-electron chi connectivity index (χ1n) is 6.84. The predicted octanol–water partition coefficient (Wildman–Crippen LogP) is 2.55. The summed E-state index contributed by atoms with van der Waals surface area (Å²) in [5.41, 5.74) is 2.68. The van der Waals surface area contributed by atoms with Gasteiger partial charge in [0, 0.05) is 30.7 Å². The van der Waals surface area contributed by atoms with Gasteiger partial charge in [-0.25, -0.2) is 0 Å². The lowest BCUT2D eigenvalue weighted by Crippen LogP contribution is -2.28. The lowest BCUT2D eigenvalue weighted by molar-refractivity contribution is 0.276. The summed E-state index contributed by atoms with van der Waals surface area (Å²) in [6, 6.07) is 6.66. The summed E-state index contributed by atoms with van der Waals surface area (Å²) in [5, 5.41) is 3.35. The zero-order valence-corrected chi connectivity index (χ0v) is 14.1. The van der Waals surface area contributed by atoms with E-state index in [-0.39, 0.29) is 0 Å². The highest BCUT2D eigenvalue weighted by Crippen LogP contribution is 2.20. The number of benzene rings is 1. The molecule has 3 nitrogen and oxygen atoms in total. The molecule has 4 heteroatoms. The van der Waals surface area contributed by atoms with E-state index in [0.29, 0.717) is 0 Å². The van der Waals surface area contributed by atoms with E-state index in [2.05, 4.69) is 77.3 Å². The van der Waals surface area contributed by atoms with Crippen molar-refractivity contribution in [3.8, 4) is 0 Å². The van der Waals surface area contributed by atoms with Crippen molar-refractivity contribution in [1.82, 2.24) is 15.1 Å². The van der Waals surface area contributed by atoms with Crippen molar-refractivity contribution in [3.63, 3.8) is 0 Å². The standard InChI is InChI=1S/C15H26BrN3/c1-5-17-11-13-6-7-14(15(16)10-13)12-19(4)9-8-18(2)3/h6-7,10,17H,5,8-9,11-12H2,1-4H3. The molecule has 1 aromatic rings. The Bertz CT molecular complexity index is 380. The second-order valence-corrected chi connectivity index (χ2v) is 6.10. The number of halogens is 1. The van der Waals surface area contributed by atoms with Crippen LogP contribution in [0.3, 0.4) is 0 Å². The summed E-state index contributed by atoms with van der Waals surface area (Å²) in [4.78, 5) is 4.56. The molecule has 0 unspecified atom stereocenters. The van der Waals surface area contributed by atoms with E-state index in [0.717, 1.165) is 32.7 Å². The number of hydrogen-bond acceptors (Lipinski definition) is 3. The smallest absolute Gasteiger partial charge is 0.0242 e. The summed E-state index contributed by atoms with van der Waals surface area (Å²) in [6.45, 7) is 7.22. The van der Waals surface area contributed by atoms with E-state index < -0.39 is 0 Å². The molecule has 0 fully saturated rings. The average molecular weight is 328 g/mol. The van der Waals surface area contributed by atoms with Gasteiger partial charge in [0.05, 0.1) is 0 Å². The van der Waals surface area contributed by atoms with Crippen LogP contribution in [-0.4, -0.2) is 50.6 Å². The van der Waals surface area contributed by atoms with Gasteiger partial charge >= 0.3 is 0 Å². The van der Waals surface area contributed by atoms with E-state index in [4.69, 9.17) is 0 Å². The van der Waals surface area contributed by atoms with Crippen LogP contribution in [0.4, 0.5) is 0 Å². The van der Waals surface area contributed by atoms with E-state index in [9.17, 15) is 0 Å². The van der Waals surface area contributed by atoms with Gasteiger partial charge in [0.2, 0.25) is 0 Å². The van der Waals surface area contributed by atoms with Crippen LogP contribution < -0.4 is 5.32 Å². The van der Waals surface area contributed by atoms with Crippen molar-refractivity contribution in [2.75, 3.05) is 40.8 Å². The van der Waals surface area contributed by atoms with Crippen LogP contribution in [0.5, 0.6) is 0 Å². The minimum absolute atomic E-state index is 0.936. The number of likely N-dealkylation sites (N-methyl/N-ethyl adjacent to an activating group) is 2. The van der Waals surface area contributed by atoms with Crippen molar-refractivity contribution in [2.45, 2.75) is 20.0 Å². The van der Waals surface area contributed by atoms with E-state index in [1.54, 1.807) is 0 Å². The van der Waals surface area contributed by atoms with Crippen LogP contribution in [0.1, 0.15) is 18.1 Å². The molecule has 0 radical (unpaired) electrons. The highest BCUT2D eigenvalue weighted by Gasteiger charge is 2.05. The first kappa shape index (κ1) is 16.6. The molecular weight excluding hydrogens is 302 g/mol.